The van der Waals surface area contributed by atoms with Gasteiger partial charge in [0, 0.05) is 80.4 Å². The second-order valence-corrected chi connectivity index (χ2v) is 38.1. The molecule has 0 saturated carbocycles. The first-order valence-corrected chi connectivity index (χ1v) is 40.7. The summed E-state index contributed by atoms with van der Waals surface area (Å²) in [4.78, 5) is 26.0. The largest absolute Gasteiger partial charge is 0.504 e. The number of piperidine rings is 1. The van der Waals surface area contributed by atoms with Crippen LogP contribution in [0.3, 0.4) is 0 Å². The number of carbonyl (C=O) groups is 1. The lowest BCUT2D eigenvalue weighted by atomic mass is 9.98. The van der Waals surface area contributed by atoms with Gasteiger partial charge in [0.2, 0.25) is 0 Å². The number of hydrogen-bond acceptors (Lipinski definition) is 16. The van der Waals surface area contributed by atoms with Crippen LogP contribution in [0.15, 0.2) is 60.7 Å². The van der Waals surface area contributed by atoms with Crippen molar-refractivity contribution < 1.29 is 57.0 Å². The Bertz CT molecular complexity index is 3100. The van der Waals surface area contributed by atoms with E-state index in [0.29, 0.717) is 108 Å². The maximum absolute atomic E-state index is 13.7. The molecule has 0 radical (unpaired) electrons. The van der Waals surface area contributed by atoms with Crippen LogP contribution < -0.4 is 35.3 Å². The molecule has 1 aliphatic carbocycles. The van der Waals surface area contributed by atoms with Crippen molar-refractivity contribution in [1.29, 1.82) is 0 Å². The third-order valence-corrected chi connectivity index (χ3v) is 31.8. The zero-order chi connectivity index (χ0) is 71.0. The average Bonchev–Trinajstić information content (AvgIpc) is 1.68. The highest BCUT2D eigenvalue weighted by atomic mass is 28.4. The predicted octanol–water partition coefficient (Wildman–Crippen LogP) is 14.6. The van der Waals surface area contributed by atoms with Crippen LogP contribution in [-0.2, 0) is 35.9 Å². The monoisotopic (exact) mass is 1380 g/mol. The third-order valence-electron chi connectivity index (χ3n) is 20.9. The topological polar surface area (TPSA) is 206 Å². The van der Waals surface area contributed by atoms with Gasteiger partial charge in [-0.15, -0.1) is 0 Å². The minimum Gasteiger partial charge on any atom is -0.504 e. The normalized spacial score (nSPS) is 18.1. The first-order chi connectivity index (χ1) is 46.4. The summed E-state index contributed by atoms with van der Waals surface area (Å²) in [6.07, 6.45) is 8.86. The minimum atomic E-state index is -1.80. The number of hydrogen-bond donors (Lipinski definition) is 5. The third kappa shape index (κ3) is 21.3. The van der Waals surface area contributed by atoms with Gasteiger partial charge in [-0.1, -0.05) is 110 Å². The van der Waals surface area contributed by atoms with Crippen molar-refractivity contribution in [1.82, 2.24) is 20.4 Å². The van der Waals surface area contributed by atoms with Crippen molar-refractivity contribution in [3.8, 4) is 45.6 Å². The first-order valence-electron chi connectivity index (χ1n) is 35.6. The van der Waals surface area contributed by atoms with Gasteiger partial charge in [0.1, 0.15) is 30.2 Å². The van der Waals surface area contributed by atoms with Crippen LogP contribution in [0.1, 0.15) is 152 Å². The van der Waals surface area contributed by atoms with E-state index in [1.54, 1.807) is 26.4 Å². The van der Waals surface area contributed by atoms with E-state index < -0.39 is 47.1 Å². The molecule has 0 bridgehead atoms. The van der Waals surface area contributed by atoms with Gasteiger partial charge in [0.25, 0.3) is 12.3 Å². The number of fused-ring (bicyclic) bond motifs is 3. The number of phenolic OH excluding ortho intramolecular Hbond substituents is 2. The van der Waals surface area contributed by atoms with Crippen LogP contribution in [0.5, 0.6) is 34.5 Å². The SMILES string of the molecule is C1CCNCC1.[C-]#[N+][C@H](C(Cc1cc(O)c(OC)c(C)c1OC)NC(=O)OCC1c2ccccc2-c2ccccc21)N1CCO[C@@H](CCCCO[Si](C)(C(C)C)C(C)C)C1.[C-]#[N+][C@H](C(N)Cc1cc(O)c(OC)c(C)c1OC)N1CCO[C@@H](CCCCO[Si](C)(C(C)C)C(C)C)C1. The fourth-order valence-electron chi connectivity index (χ4n) is 14.2. The molecule has 2 unspecified atom stereocenters. The highest BCUT2D eigenvalue weighted by Gasteiger charge is 2.42. The summed E-state index contributed by atoms with van der Waals surface area (Å²) in [7, 11) is 2.66. The molecule has 3 saturated heterocycles. The van der Waals surface area contributed by atoms with Gasteiger partial charge in [0.15, 0.2) is 39.6 Å². The van der Waals surface area contributed by atoms with Gasteiger partial charge in [-0.25, -0.2) is 27.7 Å². The smallest absolute Gasteiger partial charge is 0.407 e. The molecule has 97 heavy (non-hydrogen) atoms. The maximum Gasteiger partial charge on any atom is 0.407 e. The molecule has 538 valence electrons. The summed E-state index contributed by atoms with van der Waals surface area (Å²) in [5, 5.41) is 27.6. The average molecular weight is 1380 g/mol. The lowest BCUT2D eigenvalue weighted by Crippen LogP contribution is -2.56. The summed E-state index contributed by atoms with van der Waals surface area (Å²) in [6.45, 7) is 50.6. The molecule has 0 spiro atoms. The second-order valence-electron chi connectivity index (χ2n) is 28.2. The molecule has 3 aliphatic heterocycles. The van der Waals surface area contributed by atoms with Gasteiger partial charge in [-0.05, 0) is 148 Å². The molecular weight excluding hydrogens is 1260 g/mol. The standard InChI is InChI=1S/C43H59N3O7Si.C28H49N3O5Si.C5H11N/c1-28(2)54(9,29(3)4)53-22-15-14-16-32-26-46(21-23-51-32)42(44-6)38(24-31-25-39(47)41(50-8)30(5)40(31)49-7)45-43(48)52-27-37-35-19-12-10-17-33(35)34-18-11-13-20-36(34)37;1-19(2)37(9,20(3)4)36-14-11-10-12-23-18-31(13-15-35-23)28(30-6)24(29)16-22-17-25(32)27(34-8)21(5)26(22)33-7;1-2-4-6-5-3-1/h10-13,17-20,25,28-29,32,37-38,42,47H,14-16,21-24,26-27H2,1-5,7-9H3,(H,45,48);17,19-20,23-24,28,32H,10-16,18,29H2,1-5,7-9H3;6H,1-5H2/t32-,38?,42-;23-,24?,28-;/m00./s1. The number of alkyl carbamates (subject to hydrolysis) is 1. The van der Waals surface area contributed by atoms with Crippen molar-refractivity contribution in [2.75, 3.05) is 101 Å². The highest BCUT2D eigenvalue weighted by molar-refractivity contribution is 6.75. The molecule has 19 nitrogen and oxygen atoms in total. The van der Waals surface area contributed by atoms with Crippen molar-refractivity contribution >= 4 is 22.7 Å². The number of morpholine rings is 2. The number of rotatable bonds is 31. The minimum absolute atomic E-state index is 0.0368. The van der Waals surface area contributed by atoms with E-state index in [1.807, 2.05) is 38.1 Å². The summed E-state index contributed by atoms with van der Waals surface area (Å²) in [5.41, 5.74) is 16.2. The molecule has 4 aromatic rings. The Labute approximate surface area is 584 Å². The number of unbranched alkanes of at least 4 members (excludes halogenated alkanes) is 2. The summed E-state index contributed by atoms with van der Waals surface area (Å²) >= 11 is 0. The molecule has 3 fully saturated rings. The summed E-state index contributed by atoms with van der Waals surface area (Å²) in [6, 6.07) is 18.5. The fourth-order valence-corrected chi connectivity index (χ4v) is 19.4. The van der Waals surface area contributed by atoms with E-state index in [4.69, 9.17) is 60.9 Å². The quantitative estimate of drug-likeness (QED) is 0.0180. The Morgan fingerprint density at radius 3 is 1.45 bits per heavy atom. The van der Waals surface area contributed by atoms with Gasteiger partial charge < -0.3 is 68.6 Å². The van der Waals surface area contributed by atoms with E-state index in [1.165, 1.54) is 46.6 Å². The Kier molecular flexibility index (Phi) is 32.3. The van der Waals surface area contributed by atoms with E-state index in [0.717, 1.165) is 79.6 Å². The van der Waals surface area contributed by atoms with E-state index in [-0.39, 0.29) is 42.7 Å². The number of ether oxygens (including phenoxy) is 7. The van der Waals surface area contributed by atoms with Crippen molar-refractivity contribution in [3.63, 3.8) is 0 Å². The van der Waals surface area contributed by atoms with Crippen molar-refractivity contribution in [3.05, 3.63) is 117 Å². The number of amides is 1. The van der Waals surface area contributed by atoms with Gasteiger partial charge in [-0.2, -0.15) is 0 Å². The Morgan fingerprint density at radius 1 is 0.639 bits per heavy atom. The van der Waals surface area contributed by atoms with Crippen LogP contribution in [-0.4, -0.2) is 180 Å². The molecule has 21 heteroatoms. The molecule has 1 amide bonds. The zero-order valence-corrected chi connectivity index (χ0v) is 63.5. The Morgan fingerprint density at radius 2 is 1.06 bits per heavy atom. The molecule has 4 aromatic carbocycles. The summed E-state index contributed by atoms with van der Waals surface area (Å²) < 4.78 is 53.3. The van der Waals surface area contributed by atoms with Gasteiger partial charge >= 0.3 is 6.09 Å². The van der Waals surface area contributed by atoms with Crippen molar-refractivity contribution in [2.45, 2.75) is 218 Å². The van der Waals surface area contributed by atoms with Crippen molar-refractivity contribution in [2.24, 2.45) is 5.73 Å². The number of nitrogens with zero attached hydrogens (tertiary/aromatic N) is 4. The van der Waals surface area contributed by atoms with E-state index in [2.05, 4.69) is 123 Å². The van der Waals surface area contributed by atoms with Crippen LogP contribution >= 0.6 is 0 Å². The van der Waals surface area contributed by atoms with Gasteiger partial charge in [-0.3, -0.25) is 9.69 Å². The Balaban J connectivity index is 0.000000298. The second kappa shape index (κ2) is 39.1. The number of nitrogens with one attached hydrogen (secondary N) is 2. The van der Waals surface area contributed by atoms with E-state index >= 15 is 0 Å². The fraction of sp³-hybridized carbons (Fsp3) is 0.645. The number of nitrogens with two attached hydrogens (primary N) is 1. The number of benzene rings is 4. The van der Waals surface area contributed by atoms with E-state index in [9.17, 15) is 15.0 Å². The van der Waals surface area contributed by atoms with Crippen LogP contribution in [0, 0.1) is 27.0 Å². The van der Waals surface area contributed by atoms with Crippen LogP contribution in [0.4, 0.5) is 4.79 Å². The molecular formula is C76H119N7O12Si2. The molecule has 3 heterocycles. The number of carbonyl (C=O) groups excluding carboxylic acids is 1. The number of methoxy groups -OCH3 is 4. The molecule has 8 rings (SSSR count). The number of aromatic hydroxyl groups is 2. The Hall–Kier alpha value is -5.96. The molecule has 4 aliphatic rings. The highest BCUT2D eigenvalue weighted by Crippen LogP contribution is 2.46. The zero-order valence-electron chi connectivity index (χ0n) is 61.5. The first kappa shape index (κ1) is 80.0. The summed E-state index contributed by atoms with van der Waals surface area (Å²) in [5.74, 6) is 1.77. The molecule has 6 atom stereocenters. The molecule has 6 N–H and O–H groups in total. The lowest BCUT2D eigenvalue weighted by Gasteiger charge is -2.36. The van der Waals surface area contributed by atoms with Crippen LogP contribution in [0.25, 0.3) is 20.8 Å². The van der Waals surface area contributed by atoms with Crippen LogP contribution in [0.2, 0.25) is 35.3 Å². The van der Waals surface area contributed by atoms with Gasteiger partial charge in [0.05, 0.1) is 53.9 Å². The number of phenols is 2. The predicted molar refractivity (Wildman–Crippen MR) is 393 cm³/mol. The lowest BCUT2D eigenvalue weighted by molar-refractivity contribution is -0.0459. The maximum atomic E-state index is 13.7. The molecule has 0 aromatic heterocycles.